The molecule has 0 amide bonds. The van der Waals surface area contributed by atoms with Crippen molar-refractivity contribution in [1.82, 2.24) is 4.90 Å². The van der Waals surface area contributed by atoms with Crippen LogP contribution in [-0.4, -0.2) is 40.4 Å². The highest BCUT2D eigenvalue weighted by Gasteiger charge is 2.74. The summed E-state index contributed by atoms with van der Waals surface area (Å²) in [4.78, 5) is 2.62. The van der Waals surface area contributed by atoms with Crippen LogP contribution in [0.5, 0.6) is 0 Å². The number of benzene rings is 1. The maximum absolute atomic E-state index is 11.1. The van der Waals surface area contributed by atoms with Crippen molar-refractivity contribution in [3.63, 3.8) is 0 Å². The van der Waals surface area contributed by atoms with E-state index in [0.29, 0.717) is 17.4 Å². The van der Waals surface area contributed by atoms with E-state index in [4.69, 9.17) is 4.74 Å². The summed E-state index contributed by atoms with van der Waals surface area (Å²) in [5.74, 6) is 1.17. The second kappa shape index (κ2) is 5.55. The molecule has 3 heteroatoms. The summed E-state index contributed by atoms with van der Waals surface area (Å²) in [6, 6.07) is 11.3. The minimum atomic E-state index is -0.266. The lowest BCUT2D eigenvalue weighted by molar-refractivity contribution is -0.177. The Balaban J connectivity index is 1.33. The molecule has 1 aromatic carbocycles. The highest BCUT2D eigenvalue weighted by molar-refractivity contribution is 5.24. The smallest absolute Gasteiger partial charge is 0.123 e. The zero-order valence-electron chi connectivity index (χ0n) is 15.5. The fourth-order valence-electron chi connectivity index (χ4n) is 6.17. The number of aliphatic hydroxyl groups excluding tert-OH is 1. The van der Waals surface area contributed by atoms with Gasteiger partial charge in [0.2, 0.25) is 0 Å². The molecular weight excluding hydrogens is 310 g/mol. The van der Waals surface area contributed by atoms with E-state index in [2.05, 4.69) is 49.1 Å². The molecule has 0 radical (unpaired) electrons. The molecule has 5 fully saturated rings. The third kappa shape index (κ3) is 2.35. The Morgan fingerprint density at radius 2 is 2.00 bits per heavy atom. The summed E-state index contributed by atoms with van der Waals surface area (Å²) < 4.78 is 6.37. The van der Waals surface area contributed by atoms with Gasteiger partial charge in [0.15, 0.2) is 0 Å². The number of hydrogen-bond acceptors (Lipinski definition) is 3. The van der Waals surface area contributed by atoms with Crippen LogP contribution in [0.25, 0.3) is 0 Å². The van der Waals surface area contributed by atoms with Gasteiger partial charge in [0.1, 0.15) is 11.7 Å². The molecule has 3 aliphatic carbocycles. The molecule has 1 N–H and O–H groups in total. The van der Waals surface area contributed by atoms with Gasteiger partial charge in [0.25, 0.3) is 0 Å². The van der Waals surface area contributed by atoms with E-state index in [0.717, 1.165) is 25.4 Å². The molecule has 2 saturated heterocycles. The van der Waals surface area contributed by atoms with Crippen molar-refractivity contribution in [3.8, 4) is 0 Å². The van der Waals surface area contributed by atoms with Crippen LogP contribution in [0.1, 0.15) is 51.5 Å². The lowest BCUT2D eigenvalue weighted by Gasteiger charge is -2.61. The van der Waals surface area contributed by atoms with Gasteiger partial charge in [-0.15, -0.1) is 0 Å². The zero-order valence-corrected chi connectivity index (χ0v) is 15.5. The predicted molar refractivity (Wildman–Crippen MR) is 98.1 cm³/mol. The molecule has 0 unspecified atom stereocenters. The van der Waals surface area contributed by atoms with E-state index in [-0.39, 0.29) is 17.8 Å². The highest BCUT2D eigenvalue weighted by Crippen LogP contribution is 2.68. The first kappa shape index (κ1) is 16.3. The molecule has 25 heavy (non-hydrogen) atoms. The molecule has 2 aliphatic heterocycles. The van der Waals surface area contributed by atoms with Crippen LogP contribution in [0, 0.1) is 17.3 Å². The van der Waals surface area contributed by atoms with Gasteiger partial charge in [-0.2, -0.15) is 0 Å². The molecular formula is C22H31NO2. The Hall–Kier alpha value is -0.900. The van der Waals surface area contributed by atoms with Crippen LogP contribution in [0.4, 0.5) is 0 Å². The average molecular weight is 341 g/mol. The second-order valence-corrected chi connectivity index (χ2v) is 9.52. The normalized spacial score (nSPS) is 45.2. The van der Waals surface area contributed by atoms with Crippen molar-refractivity contribution in [2.24, 2.45) is 17.3 Å². The van der Waals surface area contributed by atoms with Crippen LogP contribution in [0.3, 0.4) is 0 Å². The molecule has 0 aromatic heterocycles. The maximum atomic E-state index is 11.1. The molecule has 1 spiro atoms. The van der Waals surface area contributed by atoms with Gasteiger partial charge in [-0.25, -0.2) is 0 Å². The fourth-order valence-corrected chi connectivity index (χ4v) is 6.17. The topological polar surface area (TPSA) is 36.0 Å². The number of nitrogens with zero attached hydrogens (tertiary/aromatic N) is 1. The zero-order chi connectivity index (χ0) is 17.2. The van der Waals surface area contributed by atoms with Crippen molar-refractivity contribution >= 4 is 0 Å². The molecule has 136 valence electrons. The largest absolute Gasteiger partial charge is 0.390 e. The lowest BCUT2D eigenvalue weighted by Crippen LogP contribution is -2.63. The van der Waals surface area contributed by atoms with Gasteiger partial charge in [-0.3, -0.25) is 4.90 Å². The SMILES string of the molecule is CC1(C)[C@@H]2C[C@H]1[C@H](O)[C@]1(C2)O[C@H]1[C@H]1CCCCN1Cc1ccccc1. The molecule has 3 nitrogen and oxygen atoms in total. The summed E-state index contributed by atoms with van der Waals surface area (Å²) in [6.45, 7) is 6.84. The van der Waals surface area contributed by atoms with Crippen LogP contribution in [-0.2, 0) is 11.3 Å². The minimum Gasteiger partial charge on any atom is -0.390 e. The van der Waals surface area contributed by atoms with Gasteiger partial charge in [0.05, 0.1) is 6.10 Å². The van der Waals surface area contributed by atoms with Gasteiger partial charge in [0, 0.05) is 12.6 Å². The van der Waals surface area contributed by atoms with Gasteiger partial charge in [-0.1, -0.05) is 50.6 Å². The quantitative estimate of drug-likeness (QED) is 0.853. The molecule has 2 bridgehead atoms. The van der Waals surface area contributed by atoms with Crippen LogP contribution in [0.2, 0.25) is 0 Å². The van der Waals surface area contributed by atoms with E-state index in [1.54, 1.807) is 0 Å². The minimum absolute atomic E-state index is 0.222. The summed E-state index contributed by atoms with van der Waals surface area (Å²) in [5.41, 5.74) is 1.47. The standard InChI is InChI=1S/C22H31NO2/c1-21(2)16-12-17(21)19(24)22(13-16)20(25-22)18-10-6-7-11-23(18)14-15-8-4-3-5-9-15/h3-5,8-9,16-20,24H,6-7,10-14H2,1-2H3/t16-,17+,18-,19+,20+,22+/m1/s1. The summed E-state index contributed by atoms with van der Waals surface area (Å²) in [6.07, 6.45) is 6.03. The van der Waals surface area contributed by atoms with E-state index in [1.165, 1.54) is 31.2 Å². The molecule has 6 rings (SSSR count). The van der Waals surface area contributed by atoms with Gasteiger partial charge in [-0.05, 0) is 55.0 Å². The van der Waals surface area contributed by atoms with E-state index < -0.39 is 0 Å². The highest BCUT2D eigenvalue weighted by atomic mass is 16.6. The number of epoxide rings is 1. The summed E-state index contributed by atoms with van der Waals surface area (Å²) in [5, 5.41) is 11.1. The van der Waals surface area contributed by atoms with Gasteiger partial charge >= 0.3 is 0 Å². The number of ether oxygens (including phenoxy) is 1. The fraction of sp³-hybridized carbons (Fsp3) is 0.727. The first-order valence-electron chi connectivity index (χ1n) is 10.2. The third-order valence-corrected chi connectivity index (χ3v) is 8.01. The van der Waals surface area contributed by atoms with Crippen molar-refractivity contribution in [2.45, 2.75) is 76.3 Å². The second-order valence-electron chi connectivity index (χ2n) is 9.52. The Kier molecular flexibility index (Phi) is 3.61. The maximum Gasteiger partial charge on any atom is 0.123 e. The third-order valence-electron chi connectivity index (χ3n) is 8.01. The lowest BCUT2D eigenvalue weighted by atomic mass is 9.45. The van der Waals surface area contributed by atoms with Crippen molar-refractivity contribution in [1.29, 1.82) is 0 Å². The Bertz CT molecular complexity index is 645. The van der Waals surface area contributed by atoms with Crippen LogP contribution in [0.15, 0.2) is 30.3 Å². The van der Waals surface area contributed by atoms with E-state index in [9.17, 15) is 5.11 Å². The molecule has 1 aromatic rings. The average Bonchev–Trinajstić information content (AvgIpc) is 3.33. The number of hydrogen-bond donors (Lipinski definition) is 1. The molecule has 6 atom stereocenters. The summed E-state index contributed by atoms with van der Waals surface area (Å²) >= 11 is 0. The Morgan fingerprint density at radius 1 is 1.20 bits per heavy atom. The van der Waals surface area contributed by atoms with Crippen LogP contribution >= 0.6 is 0 Å². The number of rotatable bonds is 3. The van der Waals surface area contributed by atoms with E-state index >= 15 is 0 Å². The number of aliphatic hydroxyl groups is 1. The Morgan fingerprint density at radius 3 is 2.72 bits per heavy atom. The Labute approximate surface area is 151 Å². The summed E-state index contributed by atoms with van der Waals surface area (Å²) in [7, 11) is 0. The monoisotopic (exact) mass is 341 g/mol. The van der Waals surface area contributed by atoms with Crippen molar-refractivity contribution < 1.29 is 9.84 Å². The van der Waals surface area contributed by atoms with Crippen molar-refractivity contribution in [2.75, 3.05) is 6.54 Å². The predicted octanol–water partition coefficient (Wildman–Crippen LogP) is 3.61. The van der Waals surface area contributed by atoms with E-state index in [1.807, 2.05) is 0 Å². The number of piperidine rings is 1. The molecule has 3 saturated carbocycles. The molecule has 5 aliphatic rings. The first-order valence-corrected chi connectivity index (χ1v) is 10.2. The van der Waals surface area contributed by atoms with Crippen molar-refractivity contribution in [3.05, 3.63) is 35.9 Å². The molecule has 2 heterocycles. The first-order chi connectivity index (χ1) is 12.0. The number of likely N-dealkylation sites (tertiary alicyclic amines) is 1. The van der Waals surface area contributed by atoms with Gasteiger partial charge < -0.3 is 9.84 Å². The van der Waals surface area contributed by atoms with Crippen LogP contribution < -0.4 is 0 Å².